The first-order chi connectivity index (χ1) is 6.50. The fourth-order valence-corrected chi connectivity index (χ4v) is 1.96. The Bertz CT molecular complexity index is 201. The molecule has 82 valence electrons. The average Bonchev–Trinajstić information content (AvgIpc) is 2.50. The number of nitrogens with two attached hydrogens (primary N) is 1. The van der Waals surface area contributed by atoms with Crippen LogP contribution in [0.3, 0.4) is 0 Å². The maximum absolute atomic E-state index is 11.7. The molecule has 1 heterocycles. The van der Waals surface area contributed by atoms with E-state index in [0.29, 0.717) is 18.3 Å². The third-order valence-electron chi connectivity index (χ3n) is 3.02. The Balaban J connectivity index is 2.38. The van der Waals surface area contributed by atoms with Crippen LogP contribution in [-0.4, -0.2) is 29.9 Å². The van der Waals surface area contributed by atoms with Crippen LogP contribution in [0.5, 0.6) is 0 Å². The van der Waals surface area contributed by atoms with Gasteiger partial charge in [0, 0.05) is 25.6 Å². The molecule has 0 aromatic heterocycles. The molecule has 0 aromatic rings. The predicted octanol–water partition coefficient (Wildman–Crippen LogP) is 1.23. The van der Waals surface area contributed by atoms with Crippen LogP contribution in [0.15, 0.2) is 0 Å². The van der Waals surface area contributed by atoms with Gasteiger partial charge in [0.05, 0.1) is 0 Å². The van der Waals surface area contributed by atoms with Crippen molar-refractivity contribution >= 4 is 5.91 Å². The van der Waals surface area contributed by atoms with Crippen molar-refractivity contribution < 1.29 is 4.79 Å². The van der Waals surface area contributed by atoms with Gasteiger partial charge in [-0.05, 0) is 25.2 Å². The smallest absolute Gasteiger partial charge is 0.224 e. The lowest BCUT2D eigenvalue weighted by Gasteiger charge is -2.19. The van der Waals surface area contributed by atoms with Gasteiger partial charge in [0.1, 0.15) is 0 Å². The SMILES string of the molecule is CC(N)CC(=O)N1CCC(C(C)C)C1. The summed E-state index contributed by atoms with van der Waals surface area (Å²) in [7, 11) is 0. The van der Waals surface area contributed by atoms with Gasteiger partial charge in [0.25, 0.3) is 0 Å². The van der Waals surface area contributed by atoms with E-state index in [0.717, 1.165) is 19.5 Å². The lowest BCUT2D eigenvalue weighted by molar-refractivity contribution is -0.130. The zero-order chi connectivity index (χ0) is 10.7. The minimum Gasteiger partial charge on any atom is -0.342 e. The molecule has 1 rings (SSSR count). The van der Waals surface area contributed by atoms with Gasteiger partial charge in [-0.15, -0.1) is 0 Å². The molecule has 0 radical (unpaired) electrons. The quantitative estimate of drug-likeness (QED) is 0.741. The topological polar surface area (TPSA) is 46.3 Å². The molecule has 2 atom stereocenters. The molecule has 1 saturated heterocycles. The molecule has 0 bridgehead atoms. The second kappa shape index (κ2) is 4.78. The average molecular weight is 198 g/mol. The summed E-state index contributed by atoms with van der Waals surface area (Å²) in [5, 5.41) is 0. The molecular formula is C11H22N2O. The number of hydrogen-bond acceptors (Lipinski definition) is 2. The Kier molecular flexibility index (Phi) is 3.93. The number of likely N-dealkylation sites (tertiary alicyclic amines) is 1. The van der Waals surface area contributed by atoms with E-state index in [9.17, 15) is 4.79 Å². The van der Waals surface area contributed by atoms with Gasteiger partial charge in [0.2, 0.25) is 5.91 Å². The first-order valence-corrected chi connectivity index (χ1v) is 5.54. The zero-order valence-corrected chi connectivity index (χ0v) is 9.49. The molecule has 2 unspecified atom stereocenters. The van der Waals surface area contributed by atoms with Crippen molar-refractivity contribution in [3.8, 4) is 0 Å². The fraction of sp³-hybridized carbons (Fsp3) is 0.909. The van der Waals surface area contributed by atoms with Crippen LogP contribution >= 0.6 is 0 Å². The van der Waals surface area contributed by atoms with Gasteiger partial charge >= 0.3 is 0 Å². The van der Waals surface area contributed by atoms with Crippen LogP contribution in [0.25, 0.3) is 0 Å². The van der Waals surface area contributed by atoms with Crippen LogP contribution in [0.1, 0.15) is 33.6 Å². The van der Waals surface area contributed by atoms with Crippen LogP contribution in [0.2, 0.25) is 0 Å². The van der Waals surface area contributed by atoms with E-state index in [1.165, 1.54) is 0 Å². The minimum atomic E-state index is -0.0133. The second-order valence-electron chi connectivity index (χ2n) is 4.81. The van der Waals surface area contributed by atoms with E-state index < -0.39 is 0 Å². The Morgan fingerprint density at radius 2 is 2.14 bits per heavy atom. The molecule has 0 aromatic carbocycles. The molecule has 1 fully saturated rings. The van der Waals surface area contributed by atoms with E-state index in [2.05, 4.69) is 13.8 Å². The number of carbonyl (C=O) groups is 1. The van der Waals surface area contributed by atoms with Gasteiger partial charge in [-0.2, -0.15) is 0 Å². The van der Waals surface area contributed by atoms with Crippen LogP contribution in [0, 0.1) is 11.8 Å². The van der Waals surface area contributed by atoms with Crippen LogP contribution in [0.4, 0.5) is 0 Å². The highest BCUT2D eigenvalue weighted by atomic mass is 16.2. The Labute approximate surface area is 86.6 Å². The third kappa shape index (κ3) is 2.98. The lowest BCUT2D eigenvalue weighted by atomic mass is 9.95. The lowest BCUT2D eigenvalue weighted by Crippen LogP contribution is -2.33. The largest absolute Gasteiger partial charge is 0.342 e. The van der Waals surface area contributed by atoms with Crippen molar-refractivity contribution in [1.82, 2.24) is 4.90 Å². The summed E-state index contributed by atoms with van der Waals surface area (Å²) in [5.74, 6) is 1.60. The number of nitrogens with zero attached hydrogens (tertiary/aromatic N) is 1. The van der Waals surface area contributed by atoms with E-state index in [1.807, 2.05) is 11.8 Å². The number of carbonyl (C=O) groups excluding carboxylic acids is 1. The summed E-state index contributed by atoms with van der Waals surface area (Å²) in [6.07, 6.45) is 1.65. The molecule has 3 nitrogen and oxygen atoms in total. The molecule has 1 aliphatic heterocycles. The third-order valence-corrected chi connectivity index (χ3v) is 3.02. The maximum atomic E-state index is 11.7. The van der Waals surface area contributed by atoms with Gasteiger partial charge in [-0.25, -0.2) is 0 Å². The molecule has 1 aliphatic rings. The summed E-state index contributed by atoms with van der Waals surface area (Å²) >= 11 is 0. The van der Waals surface area contributed by atoms with Gasteiger partial charge < -0.3 is 10.6 Å². The van der Waals surface area contributed by atoms with Gasteiger partial charge in [-0.3, -0.25) is 4.79 Å². The highest BCUT2D eigenvalue weighted by Crippen LogP contribution is 2.23. The Morgan fingerprint density at radius 3 is 2.57 bits per heavy atom. The Morgan fingerprint density at radius 1 is 1.50 bits per heavy atom. The van der Waals surface area contributed by atoms with Gasteiger partial charge in [-0.1, -0.05) is 13.8 Å². The summed E-state index contributed by atoms with van der Waals surface area (Å²) in [4.78, 5) is 13.6. The number of amides is 1. The predicted molar refractivity (Wildman–Crippen MR) is 57.8 cm³/mol. The summed E-state index contributed by atoms with van der Waals surface area (Å²) < 4.78 is 0. The summed E-state index contributed by atoms with van der Waals surface area (Å²) in [5.41, 5.74) is 5.61. The van der Waals surface area contributed by atoms with Crippen molar-refractivity contribution in [2.45, 2.75) is 39.7 Å². The van der Waals surface area contributed by atoms with Crippen molar-refractivity contribution in [2.24, 2.45) is 17.6 Å². The number of hydrogen-bond donors (Lipinski definition) is 1. The first kappa shape index (κ1) is 11.5. The van der Waals surface area contributed by atoms with E-state index in [-0.39, 0.29) is 11.9 Å². The van der Waals surface area contributed by atoms with Gasteiger partial charge in [0.15, 0.2) is 0 Å². The highest BCUT2D eigenvalue weighted by molar-refractivity contribution is 5.77. The van der Waals surface area contributed by atoms with E-state index in [1.54, 1.807) is 0 Å². The van der Waals surface area contributed by atoms with Crippen LogP contribution in [-0.2, 0) is 4.79 Å². The molecule has 1 amide bonds. The van der Waals surface area contributed by atoms with Crippen molar-refractivity contribution in [2.75, 3.05) is 13.1 Å². The molecule has 14 heavy (non-hydrogen) atoms. The van der Waals surface area contributed by atoms with Crippen molar-refractivity contribution in [3.63, 3.8) is 0 Å². The molecule has 2 N–H and O–H groups in total. The van der Waals surface area contributed by atoms with Crippen molar-refractivity contribution in [1.29, 1.82) is 0 Å². The second-order valence-corrected chi connectivity index (χ2v) is 4.81. The van der Waals surface area contributed by atoms with E-state index >= 15 is 0 Å². The summed E-state index contributed by atoms with van der Waals surface area (Å²) in [6.45, 7) is 8.19. The molecule has 0 saturated carbocycles. The minimum absolute atomic E-state index is 0.0133. The van der Waals surface area contributed by atoms with Crippen molar-refractivity contribution in [3.05, 3.63) is 0 Å². The zero-order valence-electron chi connectivity index (χ0n) is 9.49. The molecular weight excluding hydrogens is 176 g/mol. The fourth-order valence-electron chi connectivity index (χ4n) is 1.96. The van der Waals surface area contributed by atoms with E-state index in [4.69, 9.17) is 5.73 Å². The maximum Gasteiger partial charge on any atom is 0.224 e. The number of rotatable bonds is 3. The molecule has 0 aliphatic carbocycles. The highest BCUT2D eigenvalue weighted by Gasteiger charge is 2.27. The van der Waals surface area contributed by atoms with Crippen LogP contribution < -0.4 is 5.73 Å². The normalized spacial score (nSPS) is 24.4. The summed E-state index contributed by atoms with van der Waals surface area (Å²) in [6, 6.07) is -0.0133. The standard InChI is InChI=1S/C11H22N2O/c1-8(2)10-4-5-13(7-10)11(14)6-9(3)12/h8-10H,4-7,12H2,1-3H3. The Hall–Kier alpha value is -0.570. The monoisotopic (exact) mass is 198 g/mol. The first-order valence-electron chi connectivity index (χ1n) is 5.54. The molecule has 3 heteroatoms. The molecule has 0 spiro atoms.